The van der Waals surface area contributed by atoms with Crippen molar-refractivity contribution in [1.82, 2.24) is 5.32 Å². The van der Waals surface area contributed by atoms with E-state index in [0.717, 1.165) is 24.8 Å². The molecule has 1 amide bonds. The minimum absolute atomic E-state index is 0.172. The van der Waals surface area contributed by atoms with E-state index in [0.29, 0.717) is 10.9 Å². The van der Waals surface area contributed by atoms with E-state index in [9.17, 15) is 9.59 Å². The van der Waals surface area contributed by atoms with Gasteiger partial charge >= 0.3 is 5.97 Å². The normalized spacial score (nSPS) is 22.1. The van der Waals surface area contributed by atoms with E-state index in [2.05, 4.69) is 12.2 Å². The van der Waals surface area contributed by atoms with Crippen molar-refractivity contribution in [3.05, 3.63) is 40.9 Å². The number of esters is 1. The summed E-state index contributed by atoms with van der Waals surface area (Å²) in [5.41, 5.74) is 0.726. The second kappa shape index (κ2) is 8.88. The van der Waals surface area contributed by atoms with Crippen molar-refractivity contribution in [3.63, 3.8) is 0 Å². The van der Waals surface area contributed by atoms with Crippen LogP contribution >= 0.6 is 11.6 Å². The average molecular weight is 350 g/mol. The quantitative estimate of drug-likeness (QED) is 0.646. The van der Waals surface area contributed by atoms with Crippen LogP contribution in [0.15, 0.2) is 30.3 Å². The molecule has 1 saturated carbocycles. The monoisotopic (exact) mass is 349 g/mol. The molecule has 1 N–H and O–H groups in total. The highest BCUT2D eigenvalue weighted by Crippen LogP contribution is 2.23. The predicted octanol–water partition coefficient (Wildman–Crippen LogP) is 3.98. The third-order valence-corrected chi connectivity index (χ3v) is 4.75. The lowest BCUT2D eigenvalue weighted by molar-refractivity contribution is -0.150. The van der Waals surface area contributed by atoms with E-state index in [1.807, 2.05) is 12.1 Å². The molecule has 4 nitrogen and oxygen atoms in total. The first-order valence-corrected chi connectivity index (χ1v) is 8.78. The lowest BCUT2D eigenvalue weighted by Gasteiger charge is -2.30. The van der Waals surface area contributed by atoms with Crippen LogP contribution in [-0.4, -0.2) is 24.0 Å². The van der Waals surface area contributed by atoms with E-state index in [1.165, 1.54) is 12.5 Å². The lowest BCUT2D eigenvalue weighted by Crippen LogP contribution is -2.45. The minimum atomic E-state index is -0.817. The third-order valence-electron chi connectivity index (χ3n) is 4.41. The van der Waals surface area contributed by atoms with Gasteiger partial charge in [0, 0.05) is 17.1 Å². The molecule has 0 aliphatic heterocycles. The number of halogens is 1. The maximum Gasteiger partial charge on any atom is 0.331 e. The Kier molecular flexibility index (Phi) is 6.85. The van der Waals surface area contributed by atoms with Gasteiger partial charge in [0.25, 0.3) is 5.91 Å². The Morgan fingerprint density at radius 1 is 1.29 bits per heavy atom. The number of benzene rings is 1. The van der Waals surface area contributed by atoms with Crippen LogP contribution in [0, 0.1) is 5.92 Å². The summed E-state index contributed by atoms with van der Waals surface area (Å²) in [7, 11) is 0. The summed E-state index contributed by atoms with van der Waals surface area (Å²) >= 11 is 6.02. The summed E-state index contributed by atoms with van der Waals surface area (Å²) < 4.78 is 5.17. The maximum atomic E-state index is 12.2. The second-order valence-corrected chi connectivity index (χ2v) is 6.72. The molecule has 0 saturated heterocycles. The number of hydrogen-bond donors (Lipinski definition) is 1. The largest absolute Gasteiger partial charge is 0.449 e. The van der Waals surface area contributed by atoms with E-state index in [-0.39, 0.29) is 11.9 Å². The molecule has 5 heteroatoms. The molecule has 1 aromatic carbocycles. The van der Waals surface area contributed by atoms with Gasteiger partial charge in [-0.3, -0.25) is 4.79 Å². The third kappa shape index (κ3) is 5.38. The van der Waals surface area contributed by atoms with E-state index in [1.54, 1.807) is 25.1 Å². The average Bonchev–Trinajstić information content (AvgIpc) is 2.56. The van der Waals surface area contributed by atoms with Crippen molar-refractivity contribution in [1.29, 1.82) is 0 Å². The molecule has 0 bridgehead atoms. The number of ether oxygens (including phenoxy) is 1. The first-order chi connectivity index (χ1) is 11.5. The molecular formula is C19H24ClNO3. The Bertz CT molecular complexity index is 614. The van der Waals surface area contributed by atoms with Crippen molar-refractivity contribution < 1.29 is 14.3 Å². The molecule has 24 heavy (non-hydrogen) atoms. The van der Waals surface area contributed by atoms with Gasteiger partial charge in [-0.05, 0) is 43.4 Å². The van der Waals surface area contributed by atoms with Gasteiger partial charge in [0.2, 0.25) is 0 Å². The highest BCUT2D eigenvalue weighted by Gasteiger charge is 2.25. The SMILES string of the molecule is C[C@@H]1CCCC[C@H]1NC(=O)[C@@H](C)OC(=O)/C=C/c1ccccc1Cl. The lowest BCUT2D eigenvalue weighted by atomic mass is 9.86. The van der Waals surface area contributed by atoms with Crippen molar-refractivity contribution in [2.45, 2.75) is 51.7 Å². The summed E-state index contributed by atoms with van der Waals surface area (Å²) in [5.74, 6) is -0.340. The van der Waals surface area contributed by atoms with Crippen molar-refractivity contribution >= 4 is 29.6 Å². The van der Waals surface area contributed by atoms with Crippen molar-refractivity contribution in [2.24, 2.45) is 5.92 Å². The maximum absolute atomic E-state index is 12.2. The fraction of sp³-hybridized carbons (Fsp3) is 0.474. The standard InChI is InChI=1S/C19H24ClNO3/c1-13-7-3-6-10-17(13)21-19(23)14(2)24-18(22)12-11-15-8-4-5-9-16(15)20/h4-5,8-9,11-14,17H,3,6-7,10H2,1-2H3,(H,21,23)/b12-11+/t13-,14-,17-/m1/s1. The Hall–Kier alpha value is -1.81. The highest BCUT2D eigenvalue weighted by molar-refractivity contribution is 6.32. The van der Waals surface area contributed by atoms with Crippen LogP contribution in [0.2, 0.25) is 5.02 Å². The number of nitrogens with one attached hydrogen (secondary N) is 1. The summed E-state index contributed by atoms with van der Waals surface area (Å²) in [4.78, 5) is 24.1. The fourth-order valence-electron chi connectivity index (χ4n) is 2.87. The van der Waals surface area contributed by atoms with Crippen LogP contribution in [0.1, 0.15) is 45.1 Å². The molecule has 1 aromatic rings. The Morgan fingerprint density at radius 2 is 2.00 bits per heavy atom. The number of hydrogen-bond acceptors (Lipinski definition) is 3. The zero-order valence-electron chi connectivity index (χ0n) is 14.1. The summed E-state index contributed by atoms with van der Waals surface area (Å²) in [5, 5.41) is 3.55. The number of rotatable bonds is 5. The van der Waals surface area contributed by atoms with Gasteiger partial charge in [-0.2, -0.15) is 0 Å². The highest BCUT2D eigenvalue weighted by atomic mass is 35.5. The van der Waals surface area contributed by atoms with Gasteiger partial charge in [0.15, 0.2) is 6.10 Å². The van der Waals surface area contributed by atoms with Gasteiger partial charge in [-0.1, -0.05) is 49.6 Å². The van der Waals surface area contributed by atoms with Crippen LogP contribution in [0.25, 0.3) is 6.08 Å². The zero-order chi connectivity index (χ0) is 17.5. The second-order valence-electron chi connectivity index (χ2n) is 6.31. The van der Waals surface area contributed by atoms with Gasteiger partial charge in [-0.25, -0.2) is 4.79 Å². The topological polar surface area (TPSA) is 55.4 Å². The molecule has 1 aliphatic carbocycles. The summed E-state index contributed by atoms with van der Waals surface area (Å²) in [6.07, 6.45) is 6.50. The Morgan fingerprint density at radius 3 is 2.71 bits per heavy atom. The molecule has 0 aromatic heterocycles. The first-order valence-electron chi connectivity index (χ1n) is 8.41. The van der Waals surface area contributed by atoms with E-state index < -0.39 is 12.1 Å². The molecule has 0 unspecified atom stereocenters. The number of carbonyl (C=O) groups is 2. The Balaban J connectivity index is 1.84. The molecule has 0 spiro atoms. The minimum Gasteiger partial charge on any atom is -0.449 e. The fourth-order valence-corrected chi connectivity index (χ4v) is 3.06. The van der Waals surface area contributed by atoms with Gasteiger partial charge in [0.05, 0.1) is 0 Å². The summed E-state index contributed by atoms with van der Waals surface area (Å²) in [6, 6.07) is 7.36. The molecule has 1 fully saturated rings. The van der Waals surface area contributed by atoms with E-state index in [4.69, 9.17) is 16.3 Å². The Labute approximate surface area is 148 Å². The van der Waals surface area contributed by atoms with E-state index >= 15 is 0 Å². The summed E-state index contributed by atoms with van der Waals surface area (Å²) in [6.45, 7) is 3.73. The van der Waals surface area contributed by atoms with Gasteiger partial charge < -0.3 is 10.1 Å². The molecule has 2 rings (SSSR count). The molecule has 3 atom stereocenters. The van der Waals surface area contributed by atoms with Crippen LogP contribution < -0.4 is 5.32 Å². The molecule has 1 aliphatic rings. The zero-order valence-corrected chi connectivity index (χ0v) is 14.9. The van der Waals surface area contributed by atoms with Crippen molar-refractivity contribution in [2.75, 3.05) is 0 Å². The van der Waals surface area contributed by atoms with Crippen LogP contribution in [0.4, 0.5) is 0 Å². The number of carbonyl (C=O) groups excluding carboxylic acids is 2. The van der Waals surface area contributed by atoms with Crippen molar-refractivity contribution in [3.8, 4) is 0 Å². The molecule has 130 valence electrons. The number of amides is 1. The van der Waals surface area contributed by atoms with Gasteiger partial charge in [-0.15, -0.1) is 0 Å². The molecule has 0 heterocycles. The van der Waals surface area contributed by atoms with Crippen LogP contribution in [0.5, 0.6) is 0 Å². The van der Waals surface area contributed by atoms with Gasteiger partial charge in [0.1, 0.15) is 0 Å². The van der Waals surface area contributed by atoms with Crippen LogP contribution in [-0.2, 0) is 14.3 Å². The van der Waals surface area contributed by atoms with Crippen LogP contribution in [0.3, 0.4) is 0 Å². The molecule has 0 radical (unpaired) electrons. The smallest absolute Gasteiger partial charge is 0.331 e. The first kappa shape index (κ1) is 18.5. The predicted molar refractivity (Wildman–Crippen MR) is 95.6 cm³/mol. The molecular weight excluding hydrogens is 326 g/mol.